The van der Waals surface area contributed by atoms with Crippen LogP contribution in [0.5, 0.6) is 0 Å². The van der Waals surface area contributed by atoms with Gasteiger partial charge in [0.25, 0.3) is 0 Å². The van der Waals surface area contributed by atoms with Crippen LogP contribution in [0.4, 0.5) is 4.79 Å². The molecule has 0 aliphatic carbocycles. The van der Waals surface area contributed by atoms with Crippen LogP contribution in [-0.2, 0) is 27.4 Å². The van der Waals surface area contributed by atoms with Gasteiger partial charge in [-0.3, -0.25) is 19.4 Å². The van der Waals surface area contributed by atoms with E-state index in [-0.39, 0.29) is 30.2 Å². The summed E-state index contributed by atoms with van der Waals surface area (Å²) in [5.41, 5.74) is 2.83. The number of aromatic nitrogens is 3. The largest absolute Gasteiger partial charge is 0.445 e. The smallest absolute Gasteiger partial charge is 0.408 e. The van der Waals surface area contributed by atoms with E-state index >= 15 is 0 Å². The highest BCUT2D eigenvalue weighted by Gasteiger charge is 2.40. The van der Waals surface area contributed by atoms with Crippen LogP contribution in [0.25, 0.3) is 0 Å². The number of hydrogen-bond acceptors (Lipinski definition) is 9. The monoisotopic (exact) mass is 604 g/mol. The average Bonchev–Trinajstić information content (AvgIpc) is 3.67. The van der Waals surface area contributed by atoms with Gasteiger partial charge in [0.1, 0.15) is 18.7 Å². The Balaban J connectivity index is 1.39. The Bertz CT molecular complexity index is 1460. The van der Waals surface area contributed by atoms with Gasteiger partial charge >= 0.3 is 6.09 Å². The molecular formula is C32H40N6O6. The lowest BCUT2D eigenvalue weighted by Gasteiger charge is -2.31. The van der Waals surface area contributed by atoms with Gasteiger partial charge in [0.05, 0.1) is 12.5 Å². The number of amides is 3. The maximum Gasteiger partial charge on any atom is 0.408 e. The van der Waals surface area contributed by atoms with Crippen LogP contribution in [0.1, 0.15) is 73.7 Å². The Labute approximate surface area is 256 Å². The Morgan fingerprint density at radius 2 is 1.73 bits per heavy atom. The minimum atomic E-state index is -0.924. The molecule has 3 amide bonds. The molecule has 1 aliphatic rings. The quantitative estimate of drug-likeness (QED) is 0.295. The van der Waals surface area contributed by atoms with E-state index < -0.39 is 35.9 Å². The average molecular weight is 605 g/mol. The molecule has 2 N–H and O–H groups in total. The van der Waals surface area contributed by atoms with Gasteiger partial charge in [0.2, 0.25) is 29.3 Å². The number of rotatable bonds is 12. The van der Waals surface area contributed by atoms with Crippen LogP contribution < -0.4 is 10.6 Å². The Morgan fingerprint density at radius 3 is 2.41 bits per heavy atom. The normalized spacial score (nSPS) is 16.1. The van der Waals surface area contributed by atoms with Gasteiger partial charge in [-0.05, 0) is 54.9 Å². The fourth-order valence-electron chi connectivity index (χ4n) is 5.14. The molecule has 1 saturated heterocycles. The van der Waals surface area contributed by atoms with Crippen LogP contribution in [0.3, 0.4) is 0 Å². The number of aryl methyl sites for hydroxylation is 1. The summed E-state index contributed by atoms with van der Waals surface area (Å²) in [5.74, 6) is -1.66. The lowest BCUT2D eigenvalue weighted by atomic mass is 9.98. The summed E-state index contributed by atoms with van der Waals surface area (Å²) in [6.45, 7) is 9.60. The van der Waals surface area contributed by atoms with Crippen molar-refractivity contribution in [2.75, 3.05) is 6.54 Å². The molecule has 44 heavy (non-hydrogen) atoms. The van der Waals surface area contributed by atoms with E-state index in [1.807, 2.05) is 58.9 Å². The van der Waals surface area contributed by atoms with Crippen molar-refractivity contribution in [3.05, 3.63) is 77.2 Å². The molecule has 3 aromatic rings. The summed E-state index contributed by atoms with van der Waals surface area (Å²) in [5, 5.41) is 9.38. The van der Waals surface area contributed by atoms with E-state index in [0.717, 1.165) is 16.7 Å². The van der Waals surface area contributed by atoms with E-state index in [4.69, 9.17) is 9.26 Å². The van der Waals surface area contributed by atoms with Crippen LogP contribution >= 0.6 is 0 Å². The van der Waals surface area contributed by atoms with Gasteiger partial charge < -0.3 is 24.8 Å². The molecule has 0 unspecified atom stereocenters. The predicted molar refractivity (Wildman–Crippen MR) is 160 cm³/mol. The van der Waals surface area contributed by atoms with Crippen molar-refractivity contribution in [3.63, 3.8) is 0 Å². The van der Waals surface area contributed by atoms with Crippen molar-refractivity contribution in [1.29, 1.82) is 0 Å². The van der Waals surface area contributed by atoms with Gasteiger partial charge in [0.15, 0.2) is 0 Å². The zero-order chi connectivity index (χ0) is 31.8. The first-order valence-electron chi connectivity index (χ1n) is 14.9. The molecule has 3 heterocycles. The molecule has 1 fully saturated rings. The van der Waals surface area contributed by atoms with Crippen LogP contribution in [0, 0.1) is 18.8 Å². The number of ether oxygens (including phenoxy) is 1. The van der Waals surface area contributed by atoms with E-state index in [1.165, 1.54) is 4.90 Å². The fraction of sp³-hybridized carbons (Fsp3) is 0.469. The minimum absolute atomic E-state index is 0.0283. The molecule has 234 valence electrons. The summed E-state index contributed by atoms with van der Waals surface area (Å²) >= 11 is 0. The number of pyridine rings is 1. The summed E-state index contributed by atoms with van der Waals surface area (Å²) < 4.78 is 10.6. The third-order valence-electron chi connectivity index (χ3n) is 7.54. The Hall–Kier alpha value is -4.61. The van der Waals surface area contributed by atoms with Crippen molar-refractivity contribution < 1.29 is 28.4 Å². The van der Waals surface area contributed by atoms with Gasteiger partial charge in [-0.2, -0.15) is 4.98 Å². The molecule has 0 saturated carbocycles. The number of hydrogen-bond donors (Lipinski definition) is 2. The third kappa shape index (κ3) is 8.27. The molecule has 1 aromatic carbocycles. The first-order valence-corrected chi connectivity index (χ1v) is 14.9. The van der Waals surface area contributed by atoms with Crippen LogP contribution in [0.15, 0.2) is 53.3 Å². The molecule has 1 aliphatic heterocycles. The lowest BCUT2D eigenvalue weighted by Crippen LogP contribution is -2.57. The third-order valence-corrected chi connectivity index (χ3v) is 7.54. The number of likely N-dealkylation sites (tertiary alicyclic amines) is 1. The van der Waals surface area contributed by atoms with Gasteiger partial charge in [0, 0.05) is 18.9 Å². The Kier molecular flexibility index (Phi) is 10.8. The molecule has 3 atom stereocenters. The van der Waals surface area contributed by atoms with Gasteiger partial charge in [-0.25, -0.2) is 4.79 Å². The van der Waals surface area contributed by atoms with Crippen LogP contribution in [-0.4, -0.2) is 68.4 Å². The number of carbonyl (C=O) groups is 4. The first kappa shape index (κ1) is 32.3. The van der Waals surface area contributed by atoms with E-state index in [9.17, 15) is 19.2 Å². The zero-order valence-corrected chi connectivity index (χ0v) is 25.8. The second-order valence-corrected chi connectivity index (χ2v) is 11.8. The van der Waals surface area contributed by atoms with Crippen molar-refractivity contribution in [2.45, 2.75) is 78.6 Å². The SMILES string of the molecule is Cc1cccc(Cc2nc(C(=O)[C@@H](NC(=O)[C@@H]3CCCN3C(=O)[C@@H](NC(=O)OCc3ccncc3)C(C)C)C(C)C)no2)c1. The maximum atomic E-state index is 13.6. The fourth-order valence-corrected chi connectivity index (χ4v) is 5.14. The number of nitrogens with one attached hydrogen (secondary N) is 2. The second kappa shape index (κ2) is 14.7. The van der Waals surface area contributed by atoms with Crippen LogP contribution in [0.2, 0.25) is 0 Å². The maximum absolute atomic E-state index is 13.6. The predicted octanol–water partition coefficient (Wildman–Crippen LogP) is 3.63. The minimum Gasteiger partial charge on any atom is -0.445 e. The number of benzene rings is 1. The highest BCUT2D eigenvalue weighted by molar-refractivity contribution is 6.00. The number of nitrogens with zero attached hydrogens (tertiary/aromatic N) is 4. The molecule has 0 bridgehead atoms. The molecule has 2 aromatic heterocycles. The van der Waals surface area contributed by atoms with Gasteiger partial charge in [-0.15, -0.1) is 0 Å². The number of Topliss-reactive ketones (excluding diaryl/α,β-unsaturated/α-hetero) is 1. The molecule has 12 nitrogen and oxygen atoms in total. The van der Waals surface area contributed by atoms with Crippen molar-refractivity contribution in [1.82, 2.24) is 30.7 Å². The summed E-state index contributed by atoms with van der Waals surface area (Å²) in [6.07, 6.45) is 3.87. The number of ketones is 1. The highest BCUT2D eigenvalue weighted by atomic mass is 16.5. The summed E-state index contributed by atoms with van der Waals surface area (Å²) in [4.78, 5) is 62.8. The van der Waals surface area contributed by atoms with Crippen molar-refractivity contribution in [2.24, 2.45) is 11.8 Å². The molecule has 0 radical (unpaired) electrons. The lowest BCUT2D eigenvalue weighted by molar-refractivity contribution is -0.141. The zero-order valence-electron chi connectivity index (χ0n) is 25.8. The summed E-state index contributed by atoms with van der Waals surface area (Å²) in [7, 11) is 0. The van der Waals surface area contributed by atoms with Gasteiger partial charge in [-0.1, -0.05) is 62.7 Å². The number of alkyl carbamates (subject to hydrolysis) is 1. The summed E-state index contributed by atoms with van der Waals surface area (Å²) in [6, 6.07) is 8.69. The molecule has 12 heteroatoms. The van der Waals surface area contributed by atoms with E-state index in [0.29, 0.717) is 31.7 Å². The molecule has 4 rings (SSSR count). The standard InChI is InChI=1S/C32H40N6O6/c1-19(2)26(28(39)29-34-25(44-37-29)17-23-9-6-8-21(5)16-23)35-30(40)24-10-7-15-38(24)31(41)27(20(3)4)36-32(42)43-18-22-11-13-33-14-12-22/h6,8-9,11-14,16,19-20,24,26-27H,7,10,15,17-18H2,1-5H3,(H,35,40)(H,36,42)/t24-,26-,27-/m0/s1. The topological polar surface area (TPSA) is 157 Å². The second-order valence-electron chi connectivity index (χ2n) is 11.8. The molecular weight excluding hydrogens is 564 g/mol. The molecule has 0 spiro atoms. The van der Waals surface area contributed by atoms with E-state index in [2.05, 4.69) is 25.8 Å². The number of carbonyl (C=O) groups excluding carboxylic acids is 4. The Morgan fingerprint density at radius 1 is 1.00 bits per heavy atom. The van der Waals surface area contributed by atoms with Crippen molar-refractivity contribution in [3.8, 4) is 0 Å². The van der Waals surface area contributed by atoms with Crippen molar-refractivity contribution >= 4 is 23.7 Å². The first-order chi connectivity index (χ1) is 21.0. The van der Waals surface area contributed by atoms with E-state index in [1.54, 1.807) is 24.5 Å². The highest BCUT2D eigenvalue weighted by Crippen LogP contribution is 2.22.